The molecule has 0 radical (unpaired) electrons. The zero-order valence-electron chi connectivity index (χ0n) is 7.84. The molecule has 0 aliphatic carbocycles. The second-order valence-corrected chi connectivity index (χ2v) is 2.94. The van der Waals surface area contributed by atoms with Crippen LogP contribution in [0.5, 0.6) is 0 Å². The van der Waals surface area contributed by atoms with E-state index >= 15 is 0 Å². The molecule has 14 heavy (non-hydrogen) atoms. The Balaban J connectivity index is 2.27. The number of methoxy groups -OCH3 is 1. The van der Waals surface area contributed by atoms with Crippen molar-refractivity contribution in [3.05, 3.63) is 0 Å². The summed E-state index contributed by atoms with van der Waals surface area (Å²) < 4.78 is 4.46. The van der Waals surface area contributed by atoms with E-state index in [0.717, 1.165) is 0 Å². The smallest absolute Gasteiger partial charge is 0.330 e. The number of aliphatic carboxylic acids is 1. The van der Waals surface area contributed by atoms with Crippen molar-refractivity contribution < 1.29 is 19.4 Å². The Hall–Kier alpha value is -1.59. The number of carbonyl (C=O) groups is 2. The minimum absolute atomic E-state index is 0.245. The molecular formula is C8H12N2O4. The van der Waals surface area contributed by atoms with E-state index in [0.29, 0.717) is 13.1 Å². The summed E-state index contributed by atoms with van der Waals surface area (Å²) >= 11 is 0. The molecule has 0 spiro atoms. The summed E-state index contributed by atoms with van der Waals surface area (Å²) in [5.41, 5.74) is 0. The average molecular weight is 200 g/mol. The molecule has 6 heteroatoms. The molecule has 1 N–H and O–H groups in total. The summed E-state index contributed by atoms with van der Waals surface area (Å²) in [5.74, 6) is -1.25. The normalized spacial score (nSPS) is 19.8. The van der Waals surface area contributed by atoms with Gasteiger partial charge in [0.05, 0.1) is 26.4 Å². The number of aliphatic imine (C=N–C) groups is 1. The molecule has 0 aromatic rings. The molecule has 1 rings (SSSR count). The molecule has 0 aromatic heterocycles. The van der Waals surface area contributed by atoms with Gasteiger partial charge in [-0.25, -0.2) is 4.79 Å². The van der Waals surface area contributed by atoms with Gasteiger partial charge in [0, 0.05) is 6.54 Å². The zero-order chi connectivity index (χ0) is 10.6. The number of carbonyl (C=O) groups excluding carboxylic acids is 1. The van der Waals surface area contributed by atoms with Crippen LogP contribution in [0.4, 0.5) is 0 Å². The molecule has 0 saturated carbocycles. The van der Waals surface area contributed by atoms with E-state index in [2.05, 4.69) is 9.73 Å². The first-order chi connectivity index (χ1) is 6.63. The molecule has 1 aliphatic rings. The average Bonchev–Trinajstić information content (AvgIpc) is 2.62. The molecule has 1 heterocycles. The van der Waals surface area contributed by atoms with Gasteiger partial charge >= 0.3 is 11.9 Å². The van der Waals surface area contributed by atoms with Crippen LogP contribution in [0.25, 0.3) is 0 Å². The van der Waals surface area contributed by atoms with Gasteiger partial charge < -0.3 is 14.7 Å². The number of rotatable bonds is 4. The van der Waals surface area contributed by atoms with E-state index in [1.807, 2.05) is 0 Å². The van der Waals surface area contributed by atoms with Gasteiger partial charge in [0.2, 0.25) is 0 Å². The maximum Gasteiger partial charge on any atom is 0.330 e. The Bertz CT molecular complexity index is 264. The fraction of sp³-hybridized carbons (Fsp3) is 0.625. The van der Waals surface area contributed by atoms with E-state index in [1.165, 1.54) is 13.4 Å². The second kappa shape index (κ2) is 4.59. The van der Waals surface area contributed by atoms with Crippen LogP contribution in [0.3, 0.4) is 0 Å². The first-order valence-electron chi connectivity index (χ1n) is 4.20. The highest BCUT2D eigenvalue weighted by molar-refractivity contribution is 5.79. The van der Waals surface area contributed by atoms with Crippen molar-refractivity contribution in [2.24, 2.45) is 4.99 Å². The summed E-state index contributed by atoms with van der Waals surface area (Å²) in [6.45, 7) is 0.770. The van der Waals surface area contributed by atoms with E-state index in [9.17, 15) is 9.59 Å². The van der Waals surface area contributed by atoms with Crippen molar-refractivity contribution >= 4 is 18.3 Å². The van der Waals surface area contributed by atoms with Gasteiger partial charge in [-0.3, -0.25) is 9.79 Å². The van der Waals surface area contributed by atoms with E-state index in [4.69, 9.17) is 5.11 Å². The first kappa shape index (κ1) is 10.5. The monoisotopic (exact) mass is 200 g/mol. The van der Waals surface area contributed by atoms with Gasteiger partial charge in [-0.15, -0.1) is 0 Å². The SMILES string of the molecule is COC(=O)CCN1C=NC(C(=O)O)C1. The number of carboxylic acid groups (broad SMARTS) is 1. The molecule has 1 unspecified atom stereocenters. The predicted octanol–water partition coefficient (Wildman–Crippen LogP) is -0.653. The van der Waals surface area contributed by atoms with Crippen LogP contribution < -0.4 is 0 Å². The zero-order valence-corrected chi connectivity index (χ0v) is 7.84. The molecule has 78 valence electrons. The molecule has 6 nitrogen and oxygen atoms in total. The van der Waals surface area contributed by atoms with Crippen LogP contribution >= 0.6 is 0 Å². The second-order valence-electron chi connectivity index (χ2n) is 2.94. The minimum atomic E-state index is -0.943. The van der Waals surface area contributed by atoms with Gasteiger partial charge in [-0.1, -0.05) is 0 Å². The molecule has 0 bridgehead atoms. The van der Waals surface area contributed by atoms with Crippen molar-refractivity contribution in [2.75, 3.05) is 20.2 Å². The van der Waals surface area contributed by atoms with Gasteiger partial charge in [-0.05, 0) is 0 Å². The molecule has 0 fully saturated rings. The number of carboxylic acids is 1. The molecular weight excluding hydrogens is 188 g/mol. The number of hydrogen-bond acceptors (Lipinski definition) is 5. The van der Waals surface area contributed by atoms with Gasteiger partial charge in [0.15, 0.2) is 6.04 Å². The number of ether oxygens (including phenoxy) is 1. The van der Waals surface area contributed by atoms with Crippen LogP contribution in [0.15, 0.2) is 4.99 Å². The summed E-state index contributed by atoms with van der Waals surface area (Å²) in [4.78, 5) is 26.7. The lowest BCUT2D eigenvalue weighted by Crippen LogP contribution is -2.29. The van der Waals surface area contributed by atoms with Crippen molar-refractivity contribution in [1.29, 1.82) is 0 Å². The van der Waals surface area contributed by atoms with Crippen LogP contribution in [-0.4, -0.2) is 54.5 Å². The largest absolute Gasteiger partial charge is 0.480 e. The van der Waals surface area contributed by atoms with Crippen LogP contribution in [0, 0.1) is 0 Å². The van der Waals surface area contributed by atoms with Crippen LogP contribution in [0.2, 0.25) is 0 Å². The van der Waals surface area contributed by atoms with Crippen molar-refractivity contribution in [1.82, 2.24) is 4.90 Å². The summed E-state index contributed by atoms with van der Waals surface area (Å²) in [6, 6.07) is -0.701. The van der Waals surface area contributed by atoms with Crippen LogP contribution in [-0.2, 0) is 14.3 Å². The summed E-state index contributed by atoms with van der Waals surface area (Å²) in [5, 5.41) is 8.62. The predicted molar refractivity (Wildman–Crippen MR) is 48.1 cm³/mol. The topological polar surface area (TPSA) is 79.2 Å². The number of hydrogen-bond donors (Lipinski definition) is 1. The maximum atomic E-state index is 10.8. The first-order valence-corrected chi connectivity index (χ1v) is 4.20. The lowest BCUT2D eigenvalue weighted by molar-refractivity contribution is -0.140. The number of nitrogens with zero attached hydrogens (tertiary/aromatic N) is 2. The van der Waals surface area contributed by atoms with E-state index in [-0.39, 0.29) is 12.4 Å². The Labute approximate surface area is 81.2 Å². The van der Waals surface area contributed by atoms with Crippen LogP contribution in [0.1, 0.15) is 6.42 Å². The molecule has 1 aliphatic heterocycles. The van der Waals surface area contributed by atoms with Crippen molar-refractivity contribution in [2.45, 2.75) is 12.5 Å². The Kier molecular flexibility index (Phi) is 3.44. The van der Waals surface area contributed by atoms with Gasteiger partial charge in [-0.2, -0.15) is 0 Å². The highest BCUT2D eigenvalue weighted by atomic mass is 16.5. The van der Waals surface area contributed by atoms with Crippen molar-refractivity contribution in [3.63, 3.8) is 0 Å². The fourth-order valence-corrected chi connectivity index (χ4v) is 1.12. The molecule has 0 aromatic carbocycles. The van der Waals surface area contributed by atoms with E-state index < -0.39 is 12.0 Å². The lowest BCUT2D eigenvalue weighted by Gasteiger charge is -2.13. The molecule has 0 amide bonds. The quantitative estimate of drug-likeness (QED) is 0.610. The fourth-order valence-electron chi connectivity index (χ4n) is 1.12. The highest BCUT2D eigenvalue weighted by Gasteiger charge is 2.23. The Morgan fingerprint density at radius 1 is 1.71 bits per heavy atom. The standard InChI is InChI=1S/C8H12N2O4/c1-14-7(11)2-3-10-4-6(8(12)13)9-5-10/h5-6H,2-4H2,1H3,(H,12,13). The van der Waals surface area contributed by atoms with E-state index in [1.54, 1.807) is 4.90 Å². The molecule has 0 saturated heterocycles. The molecule has 1 atom stereocenters. The van der Waals surface area contributed by atoms with Gasteiger partial charge in [0.25, 0.3) is 0 Å². The third kappa shape index (κ3) is 2.72. The highest BCUT2D eigenvalue weighted by Crippen LogP contribution is 2.04. The number of esters is 1. The third-order valence-corrected chi connectivity index (χ3v) is 1.93. The summed E-state index contributed by atoms with van der Waals surface area (Å²) in [7, 11) is 1.32. The van der Waals surface area contributed by atoms with Crippen molar-refractivity contribution in [3.8, 4) is 0 Å². The third-order valence-electron chi connectivity index (χ3n) is 1.93. The Morgan fingerprint density at radius 3 is 2.93 bits per heavy atom. The lowest BCUT2D eigenvalue weighted by atomic mass is 10.3. The van der Waals surface area contributed by atoms with Gasteiger partial charge in [0.1, 0.15) is 0 Å². The maximum absolute atomic E-state index is 10.8. The minimum Gasteiger partial charge on any atom is -0.480 e. The summed E-state index contributed by atoms with van der Waals surface area (Å²) in [6.07, 6.45) is 1.70. The Morgan fingerprint density at radius 2 is 2.43 bits per heavy atom.